The SMILES string of the molecule is CN(c1ccccc1Nc1nc(Nc2cc(C(N)=O)ccc2F)ncc1C(N)=O)S(C)(=O)=O. The number of carbonyl (C=O) groups is 2. The van der Waals surface area contributed by atoms with Gasteiger partial charge in [-0.15, -0.1) is 0 Å². The molecule has 0 unspecified atom stereocenters. The van der Waals surface area contributed by atoms with Crippen LogP contribution in [0.15, 0.2) is 48.7 Å². The first-order valence-electron chi connectivity index (χ1n) is 9.30. The fourth-order valence-electron chi connectivity index (χ4n) is 2.77. The molecule has 1 aromatic heterocycles. The normalized spacial score (nSPS) is 11.0. The fraction of sp³-hybridized carbons (Fsp3) is 0.100. The van der Waals surface area contributed by atoms with Gasteiger partial charge in [-0.25, -0.2) is 17.8 Å². The predicted octanol–water partition coefficient (Wildman–Crippen LogP) is 1.70. The van der Waals surface area contributed by atoms with E-state index in [-0.39, 0.29) is 34.3 Å². The van der Waals surface area contributed by atoms with Crippen LogP contribution in [-0.2, 0) is 10.0 Å². The molecule has 0 aliphatic rings. The van der Waals surface area contributed by atoms with E-state index in [2.05, 4.69) is 20.6 Å². The topological polar surface area (TPSA) is 173 Å². The lowest BCUT2D eigenvalue weighted by atomic mass is 10.2. The van der Waals surface area contributed by atoms with Gasteiger partial charge in [0.1, 0.15) is 17.2 Å². The van der Waals surface area contributed by atoms with Crippen molar-refractivity contribution in [3.8, 4) is 0 Å². The molecule has 3 aromatic rings. The summed E-state index contributed by atoms with van der Waals surface area (Å²) in [5.41, 5.74) is 11.1. The molecule has 6 N–H and O–H groups in total. The van der Waals surface area contributed by atoms with Gasteiger partial charge in [0.05, 0.1) is 23.3 Å². The highest BCUT2D eigenvalue weighted by Crippen LogP contribution is 2.30. The largest absolute Gasteiger partial charge is 0.366 e. The van der Waals surface area contributed by atoms with Gasteiger partial charge < -0.3 is 22.1 Å². The van der Waals surface area contributed by atoms with Gasteiger partial charge in [0.2, 0.25) is 21.9 Å². The standard InChI is InChI=1S/C20H20FN7O4S/c1-28(33(2,31)32)16-6-4-3-5-14(16)25-19-12(18(23)30)10-24-20(27-19)26-15-9-11(17(22)29)7-8-13(15)21/h3-10H,1-2H3,(H2,22,29)(H2,23,30)(H2,24,25,26,27). The van der Waals surface area contributed by atoms with Gasteiger partial charge in [-0.2, -0.15) is 4.98 Å². The summed E-state index contributed by atoms with van der Waals surface area (Å²) in [5.74, 6) is -2.48. The summed E-state index contributed by atoms with van der Waals surface area (Å²) < 4.78 is 39.2. The quantitative estimate of drug-likeness (QED) is 0.382. The van der Waals surface area contributed by atoms with Crippen molar-refractivity contribution in [2.24, 2.45) is 11.5 Å². The molecule has 0 radical (unpaired) electrons. The number of hydrogen-bond acceptors (Lipinski definition) is 8. The van der Waals surface area contributed by atoms with Crippen molar-refractivity contribution in [3.05, 3.63) is 65.6 Å². The lowest BCUT2D eigenvalue weighted by Gasteiger charge is -2.21. The van der Waals surface area contributed by atoms with Crippen molar-refractivity contribution in [3.63, 3.8) is 0 Å². The molecule has 0 spiro atoms. The highest BCUT2D eigenvalue weighted by atomic mass is 32.2. The van der Waals surface area contributed by atoms with Crippen molar-refractivity contribution in [2.75, 3.05) is 28.2 Å². The molecule has 33 heavy (non-hydrogen) atoms. The molecule has 2 aromatic carbocycles. The summed E-state index contributed by atoms with van der Waals surface area (Å²) in [4.78, 5) is 31.4. The number of rotatable bonds is 8. The number of anilines is 5. The van der Waals surface area contributed by atoms with Crippen LogP contribution in [0.4, 0.5) is 33.2 Å². The van der Waals surface area contributed by atoms with E-state index >= 15 is 0 Å². The Bertz CT molecular complexity index is 1350. The van der Waals surface area contributed by atoms with Gasteiger partial charge >= 0.3 is 0 Å². The second-order valence-corrected chi connectivity index (χ2v) is 8.89. The summed E-state index contributed by atoms with van der Waals surface area (Å²) in [5, 5.41) is 5.50. The molecule has 3 rings (SSSR count). The molecule has 1 heterocycles. The van der Waals surface area contributed by atoms with E-state index in [9.17, 15) is 22.4 Å². The molecule has 0 bridgehead atoms. The lowest BCUT2D eigenvalue weighted by molar-refractivity contribution is 0.0992. The van der Waals surface area contributed by atoms with E-state index in [1.807, 2.05) is 0 Å². The van der Waals surface area contributed by atoms with Crippen LogP contribution in [0.2, 0.25) is 0 Å². The first-order chi connectivity index (χ1) is 15.5. The van der Waals surface area contributed by atoms with Crippen molar-refractivity contribution in [2.45, 2.75) is 0 Å². The van der Waals surface area contributed by atoms with E-state index in [4.69, 9.17) is 11.5 Å². The third-order valence-corrected chi connectivity index (χ3v) is 5.74. The van der Waals surface area contributed by atoms with Crippen molar-refractivity contribution in [1.82, 2.24) is 9.97 Å². The van der Waals surface area contributed by atoms with Crippen LogP contribution < -0.4 is 26.4 Å². The Kier molecular flexibility index (Phi) is 6.44. The highest BCUT2D eigenvalue weighted by molar-refractivity contribution is 7.92. The van der Waals surface area contributed by atoms with Crippen LogP contribution in [0.25, 0.3) is 0 Å². The summed E-state index contributed by atoms with van der Waals surface area (Å²) in [6.07, 6.45) is 2.17. The van der Waals surface area contributed by atoms with E-state index in [0.717, 1.165) is 22.8 Å². The zero-order chi connectivity index (χ0) is 24.3. The number of sulfonamides is 1. The number of amides is 2. The van der Waals surface area contributed by atoms with E-state index in [1.165, 1.54) is 19.2 Å². The number of aromatic nitrogens is 2. The second-order valence-electron chi connectivity index (χ2n) is 6.88. The first kappa shape index (κ1) is 23.4. The number of hydrogen-bond donors (Lipinski definition) is 4. The Balaban J connectivity index is 2.03. The molecule has 2 amide bonds. The molecule has 0 aliphatic heterocycles. The average molecular weight is 473 g/mol. The van der Waals surface area contributed by atoms with Crippen LogP contribution in [0.1, 0.15) is 20.7 Å². The summed E-state index contributed by atoms with van der Waals surface area (Å²) >= 11 is 0. The minimum absolute atomic E-state index is 0.0548. The maximum Gasteiger partial charge on any atom is 0.254 e. The molecule has 0 saturated carbocycles. The number of halogens is 1. The maximum atomic E-state index is 14.2. The van der Waals surface area contributed by atoms with Gasteiger partial charge in [-0.05, 0) is 30.3 Å². The number of para-hydroxylation sites is 2. The Morgan fingerprint density at radius 2 is 1.73 bits per heavy atom. The number of benzene rings is 2. The molecular formula is C20H20FN7O4S. The van der Waals surface area contributed by atoms with Crippen LogP contribution in [-0.4, -0.2) is 43.5 Å². The number of nitrogens with one attached hydrogen (secondary N) is 2. The van der Waals surface area contributed by atoms with Crippen molar-refractivity contribution < 1.29 is 22.4 Å². The van der Waals surface area contributed by atoms with E-state index < -0.39 is 27.7 Å². The lowest BCUT2D eigenvalue weighted by Crippen LogP contribution is -2.25. The molecule has 0 fully saturated rings. The van der Waals surface area contributed by atoms with Gasteiger partial charge in [0, 0.05) is 18.8 Å². The van der Waals surface area contributed by atoms with Gasteiger partial charge in [-0.3, -0.25) is 13.9 Å². The van der Waals surface area contributed by atoms with Crippen molar-refractivity contribution >= 4 is 50.7 Å². The van der Waals surface area contributed by atoms with Crippen LogP contribution in [0.5, 0.6) is 0 Å². The highest BCUT2D eigenvalue weighted by Gasteiger charge is 2.19. The third-order valence-electron chi connectivity index (χ3n) is 4.55. The van der Waals surface area contributed by atoms with E-state index in [1.54, 1.807) is 24.3 Å². The molecule has 13 heteroatoms. The second kappa shape index (κ2) is 9.08. The zero-order valence-electron chi connectivity index (χ0n) is 17.5. The Morgan fingerprint density at radius 3 is 2.36 bits per heavy atom. The number of primary amides is 2. The van der Waals surface area contributed by atoms with Gasteiger partial charge in [0.25, 0.3) is 5.91 Å². The smallest absolute Gasteiger partial charge is 0.254 e. The number of nitrogens with two attached hydrogens (primary N) is 2. The summed E-state index contributed by atoms with van der Waals surface area (Å²) in [7, 11) is -2.22. The molecule has 172 valence electrons. The van der Waals surface area contributed by atoms with E-state index in [0.29, 0.717) is 5.69 Å². The molecular weight excluding hydrogens is 453 g/mol. The predicted molar refractivity (Wildman–Crippen MR) is 122 cm³/mol. The van der Waals surface area contributed by atoms with Crippen LogP contribution in [0.3, 0.4) is 0 Å². The first-order valence-corrected chi connectivity index (χ1v) is 11.2. The van der Waals surface area contributed by atoms with Gasteiger partial charge in [0.15, 0.2) is 0 Å². The molecule has 0 aliphatic carbocycles. The average Bonchev–Trinajstić information content (AvgIpc) is 2.74. The Labute approximate surface area is 188 Å². The summed E-state index contributed by atoms with van der Waals surface area (Å²) in [6.45, 7) is 0. The Morgan fingerprint density at radius 1 is 1.03 bits per heavy atom. The Hall–Kier alpha value is -4.26. The van der Waals surface area contributed by atoms with Crippen LogP contribution >= 0.6 is 0 Å². The zero-order valence-corrected chi connectivity index (χ0v) is 18.4. The summed E-state index contributed by atoms with van der Waals surface area (Å²) in [6, 6.07) is 9.88. The number of nitrogens with zero attached hydrogens (tertiary/aromatic N) is 3. The monoisotopic (exact) mass is 473 g/mol. The molecule has 11 nitrogen and oxygen atoms in total. The molecule has 0 atom stereocenters. The van der Waals surface area contributed by atoms with Crippen molar-refractivity contribution in [1.29, 1.82) is 0 Å². The third kappa shape index (κ3) is 5.33. The fourth-order valence-corrected chi connectivity index (χ4v) is 3.29. The maximum absolute atomic E-state index is 14.2. The van der Waals surface area contributed by atoms with Crippen LogP contribution in [0, 0.1) is 5.82 Å². The minimum Gasteiger partial charge on any atom is -0.366 e. The van der Waals surface area contributed by atoms with Gasteiger partial charge in [-0.1, -0.05) is 12.1 Å². The molecule has 0 saturated heterocycles. The number of carbonyl (C=O) groups excluding carboxylic acids is 2. The minimum atomic E-state index is -3.58.